The van der Waals surface area contributed by atoms with Crippen LogP contribution in [0.1, 0.15) is 25.7 Å². The van der Waals surface area contributed by atoms with Gasteiger partial charge in [-0.05, 0) is 43.9 Å². The molecule has 3 unspecified atom stereocenters. The summed E-state index contributed by atoms with van der Waals surface area (Å²) >= 11 is 0. The lowest BCUT2D eigenvalue weighted by Crippen LogP contribution is -2.46. The summed E-state index contributed by atoms with van der Waals surface area (Å²) < 4.78 is 6.32. The van der Waals surface area contributed by atoms with E-state index in [4.69, 9.17) is 11.2 Å². The third kappa shape index (κ3) is 2.92. The van der Waals surface area contributed by atoms with E-state index in [-0.39, 0.29) is 18.4 Å². The molecule has 2 aliphatic heterocycles. The SMILES string of the molecule is C#CC1CCC(N2CCCC2)OC1Nc1ccc2[nH]ncc2c1. The molecule has 2 aliphatic rings. The van der Waals surface area contributed by atoms with Gasteiger partial charge in [-0.3, -0.25) is 10.00 Å². The maximum atomic E-state index is 6.32. The molecule has 120 valence electrons. The highest BCUT2D eigenvalue weighted by Crippen LogP contribution is 2.30. The highest BCUT2D eigenvalue weighted by molar-refractivity contribution is 5.81. The molecule has 2 saturated heterocycles. The summed E-state index contributed by atoms with van der Waals surface area (Å²) in [6.07, 6.45) is 12.2. The van der Waals surface area contributed by atoms with Gasteiger partial charge in [0.05, 0.1) is 17.6 Å². The number of likely N-dealkylation sites (tertiary alicyclic amines) is 1. The molecule has 5 heteroatoms. The van der Waals surface area contributed by atoms with Gasteiger partial charge in [0.2, 0.25) is 0 Å². The number of rotatable bonds is 3. The predicted molar refractivity (Wildman–Crippen MR) is 90.7 cm³/mol. The Morgan fingerprint density at radius 3 is 3.00 bits per heavy atom. The monoisotopic (exact) mass is 310 g/mol. The Kier molecular flexibility index (Phi) is 3.94. The fraction of sp³-hybridized carbons (Fsp3) is 0.500. The number of nitrogens with zero attached hydrogens (tertiary/aromatic N) is 2. The van der Waals surface area contributed by atoms with Gasteiger partial charge in [-0.2, -0.15) is 5.10 Å². The minimum Gasteiger partial charge on any atom is -0.359 e. The first kappa shape index (κ1) is 14.6. The highest BCUT2D eigenvalue weighted by atomic mass is 16.5. The van der Waals surface area contributed by atoms with Crippen molar-refractivity contribution >= 4 is 16.6 Å². The van der Waals surface area contributed by atoms with Crippen LogP contribution in [0.4, 0.5) is 5.69 Å². The highest BCUT2D eigenvalue weighted by Gasteiger charge is 2.34. The van der Waals surface area contributed by atoms with Crippen LogP contribution in [0.2, 0.25) is 0 Å². The molecule has 1 aromatic heterocycles. The van der Waals surface area contributed by atoms with Gasteiger partial charge in [0.1, 0.15) is 12.5 Å². The average molecular weight is 310 g/mol. The smallest absolute Gasteiger partial charge is 0.143 e. The van der Waals surface area contributed by atoms with Crippen LogP contribution in [0.15, 0.2) is 24.4 Å². The fourth-order valence-corrected chi connectivity index (χ4v) is 3.61. The van der Waals surface area contributed by atoms with Gasteiger partial charge >= 0.3 is 0 Å². The number of anilines is 1. The van der Waals surface area contributed by atoms with E-state index in [0.717, 1.165) is 42.5 Å². The van der Waals surface area contributed by atoms with Crippen molar-refractivity contribution in [3.8, 4) is 12.3 Å². The average Bonchev–Trinajstić information content (AvgIpc) is 3.26. The maximum Gasteiger partial charge on any atom is 0.143 e. The van der Waals surface area contributed by atoms with Gasteiger partial charge in [0.15, 0.2) is 0 Å². The third-order valence-corrected chi connectivity index (χ3v) is 4.90. The van der Waals surface area contributed by atoms with E-state index in [1.165, 1.54) is 12.8 Å². The molecule has 2 aromatic rings. The Balaban J connectivity index is 1.50. The summed E-state index contributed by atoms with van der Waals surface area (Å²) in [7, 11) is 0. The number of ether oxygens (including phenoxy) is 1. The number of hydrogen-bond acceptors (Lipinski definition) is 4. The minimum atomic E-state index is -0.135. The molecule has 0 saturated carbocycles. The molecule has 0 spiro atoms. The van der Waals surface area contributed by atoms with E-state index < -0.39 is 0 Å². The molecule has 0 radical (unpaired) electrons. The van der Waals surface area contributed by atoms with Crippen molar-refractivity contribution in [3.05, 3.63) is 24.4 Å². The van der Waals surface area contributed by atoms with Gasteiger partial charge in [-0.1, -0.05) is 5.92 Å². The number of benzene rings is 1. The van der Waals surface area contributed by atoms with Crippen LogP contribution in [0, 0.1) is 18.3 Å². The van der Waals surface area contributed by atoms with E-state index in [2.05, 4.69) is 32.4 Å². The van der Waals surface area contributed by atoms with Crippen LogP contribution in [0.25, 0.3) is 10.9 Å². The van der Waals surface area contributed by atoms with E-state index in [1.54, 1.807) is 0 Å². The summed E-state index contributed by atoms with van der Waals surface area (Å²) in [5.74, 6) is 3.00. The van der Waals surface area contributed by atoms with E-state index in [9.17, 15) is 0 Å². The Bertz CT molecular complexity index is 713. The minimum absolute atomic E-state index is 0.105. The number of nitrogens with one attached hydrogen (secondary N) is 2. The zero-order valence-electron chi connectivity index (χ0n) is 13.2. The van der Waals surface area contributed by atoms with Crippen molar-refractivity contribution in [3.63, 3.8) is 0 Å². The zero-order valence-corrected chi connectivity index (χ0v) is 13.2. The number of aromatic amines is 1. The lowest BCUT2D eigenvalue weighted by molar-refractivity contribution is -0.125. The van der Waals surface area contributed by atoms with Crippen molar-refractivity contribution in [1.29, 1.82) is 0 Å². The molecular weight excluding hydrogens is 288 g/mol. The van der Waals surface area contributed by atoms with Crippen molar-refractivity contribution in [2.75, 3.05) is 18.4 Å². The fourth-order valence-electron chi connectivity index (χ4n) is 3.61. The van der Waals surface area contributed by atoms with Crippen LogP contribution < -0.4 is 5.32 Å². The molecule has 2 N–H and O–H groups in total. The van der Waals surface area contributed by atoms with Crippen molar-refractivity contribution < 1.29 is 4.74 Å². The summed E-state index contributed by atoms with van der Waals surface area (Å²) in [5, 5.41) is 11.6. The van der Waals surface area contributed by atoms with Gasteiger partial charge in [-0.15, -0.1) is 6.42 Å². The van der Waals surface area contributed by atoms with Crippen LogP contribution >= 0.6 is 0 Å². The first-order valence-electron chi connectivity index (χ1n) is 8.39. The normalized spacial score (nSPS) is 28.7. The first-order chi connectivity index (χ1) is 11.3. The van der Waals surface area contributed by atoms with E-state index >= 15 is 0 Å². The number of H-pyrrole nitrogens is 1. The van der Waals surface area contributed by atoms with Crippen molar-refractivity contribution in [1.82, 2.24) is 15.1 Å². The first-order valence-corrected chi connectivity index (χ1v) is 8.39. The molecule has 1 aromatic carbocycles. The van der Waals surface area contributed by atoms with Crippen LogP contribution in [-0.4, -0.2) is 40.6 Å². The Labute approximate surface area is 136 Å². The quantitative estimate of drug-likeness (QED) is 0.856. The summed E-state index contributed by atoms with van der Waals surface area (Å²) in [4.78, 5) is 2.45. The van der Waals surface area contributed by atoms with Crippen molar-refractivity contribution in [2.45, 2.75) is 38.1 Å². The molecule has 23 heavy (non-hydrogen) atoms. The third-order valence-electron chi connectivity index (χ3n) is 4.90. The Hall–Kier alpha value is -2.03. The lowest BCUT2D eigenvalue weighted by Gasteiger charge is -2.39. The summed E-state index contributed by atoms with van der Waals surface area (Å²) in [6.45, 7) is 2.28. The molecule has 3 atom stereocenters. The van der Waals surface area contributed by atoms with E-state index in [0.29, 0.717) is 0 Å². The van der Waals surface area contributed by atoms with Crippen LogP contribution in [0.3, 0.4) is 0 Å². The van der Waals surface area contributed by atoms with E-state index in [1.807, 2.05) is 18.3 Å². The molecule has 0 amide bonds. The number of aromatic nitrogens is 2. The number of terminal acetylenes is 1. The van der Waals surface area contributed by atoms with Gasteiger partial charge < -0.3 is 10.1 Å². The predicted octanol–water partition coefficient (Wildman–Crippen LogP) is 2.78. The van der Waals surface area contributed by atoms with Gasteiger partial charge in [0.25, 0.3) is 0 Å². The lowest BCUT2D eigenvalue weighted by atomic mass is 9.98. The second-order valence-electron chi connectivity index (χ2n) is 6.42. The molecule has 5 nitrogen and oxygen atoms in total. The largest absolute Gasteiger partial charge is 0.359 e. The molecule has 0 aliphatic carbocycles. The van der Waals surface area contributed by atoms with Crippen LogP contribution in [0.5, 0.6) is 0 Å². The molecule has 4 rings (SSSR count). The maximum absolute atomic E-state index is 6.32. The van der Waals surface area contributed by atoms with Crippen LogP contribution in [-0.2, 0) is 4.74 Å². The zero-order chi connectivity index (χ0) is 15.6. The van der Waals surface area contributed by atoms with Gasteiger partial charge in [-0.25, -0.2) is 0 Å². The van der Waals surface area contributed by atoms with Gasteiger partial charge in [0, 0.05) is 24.2 Å². The topological polar surface area (TPSA) is 53.2 Å². The molecule has 3 heterocycles. The second-order valence-corrected chi connectivity index (χ2v) is 6.42. The summed E-state index contributed by atoms with van der Waals surface area (Å²) in [5.41, 5.74) is 2.05. The van der Waals surface area contributed by atoms with Crippen molar-refractivity contribution in [2.24, 2.45) is 5.92 Å². The number of fused-ring (bicyclic) bond motifs is 1. The molecule has 0 bridgehead atoms. The summed E-state index contributed by atoms with van der Waals surface area (Å²) in [6, 6.07) is 6.14. The Morgan fingerprint density at radius 2 is 2.17 bits per heavy atom. The molecular formula is C18H22N4O. The molecule has 2 fully saturated rings. The number of hydrogen-bond donors (Lipinski definition) is 2. The Morgan fingerprint density at radius 1 is 1.30 bits per heavy atom. The standard InChI is InChI=1S/C18H22N4O/c1-2-13-5-8-17(22-9-3-4-10-22)23-18(13)20-15-6-7-16-14(11-15)12-19-21-16/h1,6-7,11-13,17-18,20H,3-5,8-10H2,(H,19,21). The second kappa shape index (κ2) is 6.23.